The average molecular weight is 423 g/mol. The zero-order valence-corrected chi connectivity index (χ0v) is 16.5. The Kier molecular flexibility index (Phi) is 7.12. The standard InChI is InChI=1S/C19H18N4O3.2ClH/c24-17(22-14-5-8-21-10-14)13-1-2-15-16(9-13)19(26)23(18(15)25)11-12-3-6-20-7-4-12;;/h1-4,6-7,9,14,21H,5,8,10-11H2,(H,22,24);2*1H. The Balaban J connectivity index is 0.00000140. The van der Waals surface area contributed by atoms with Crippen LogP contribution in [0.1, 0.15) is 43.1 Å². The third-order valence-corrected chi connectivity index (χ3v) is 4.72. The Morgan fingerprint density at radius 3 is 2.50 bits per heavy atom. The van der Waals surface area contributed by atoms with Gasteiger partial charge in [0.25, 0.3) is 17.7 Å². The number of carbonyl (C=O) groups is 3. The van der Waals surface area contributed by atoms with Gasteiger partial charge in [0, 0.05) is 30.5 Å². The number of hydrogen-bond acceptors (Lipinski definition) is 5. The lowest BCUT2D eigenvalue weighted by Crippen LogP contribution is -2.36. The number of rotatable bonds is 4. The highest BCUT2D eigenvalue weighted by Crippen LogP contribution is 2.25. The first-order valence-electron chi connectivity index (χ1n) is 8.54. The van der Waals surface area contributed by atoms with E-state index in [2.05, 4.69) is 15.6 Å². The summed E-state index contributed by atoms with van der Waals surface area (Å²) in [5, 5.41) is 6.13. The molecule has 0 spiro atoms. The molecule has 2 N–H and O–H groups in total. The Morgan fingerprint density at radius 2 is 1.82 bits per heavy atom. The number of aromatic nitrogens is 1. The third-order valence-electron chi connectivity index (χ3n) is 4.72. The van der Waals surface area contributed by atoms with E-state index in [9.17, 15) is 14.4 Å². The molecule has 7 nitrogen and oxygen atoms in total. The number of amides is 3. The third kappa shape index (κ3) is 4.16. The van der Waals surface area contributed by atoms with Crippen molar-refractivity contribution in [1.29, 1.82) is 0 Å². The number of benzene rings is 1. The van der Waals surface area contributed by atoms with E-state index in [1.165, 1.54) is 11.0 Å². The number of hydrogen-bond donors (Lipinski definition) is 2. The summed E-state index contributed by atoms with van der Waals surface area (Å²) < 4.78 is 0. The maximum atomic E-state index is 12.7. The van der Waals surface area contributed by atoms with Crippen LogP contribution in [0.25, 0.3) is 0 Å². The van der Waals surface area contributed by atoms with Crippen LogP contribution in [0.2, 0.25) is 0 Å². The Labute approximate surface area is 174 Å². The molecule has 0 aliphatic carbocycles. The van der Waals surface area contributed by atoms with Gasteiger partial charge in [0.05, 0.1) is 17.7 Å². The number of nitrogens with zero attached hydrogens (tertiary/aromatic N) is 2. The smallest absolute Gasteiger partial charge is 0.261 e. The predicted molar refractivity (Wildman–Crippen MR) is 108 cm³/mol. The fourth-order valence-electron chi connectivity index (χ4n) is 3.29. The zero-order valence-electron chi connectivity index (χ0n) is 14.9. The fourth-order valence-corrected chi connectivity index (χ4v) is 3.29. The molecule has 1 fully saturated rings. The molecular weight excluding hydrogens is 403 g/mol. The van der Waals surface area contributed by atoms with Crippen LogP contribution in [0.4, 0.5) is 0 Å². The summed E-state index contributed by atoms with van der Waals surface area (Å²) in [6, 6.07) is 8.29. The quantitative estimate of drug-likeness (QED) is 0.733. The van der Waals surface area contributed by atoms with Crippen molar-refractivity contribution in [3.63, 3.8) is 0 Å². The van der Waals surface area contributed by atoms with Gasteiger partial charge in [-0.2, -0.15) is 0 Å². The van der Waals surface area contributed by atoms with Gasteiger partial charge < -0.3 is 10.6 Å². The molecule has 2 aromatic rings. The molecular formula is C19H20Cl2N4O3. The molecule has 1 aromatic heterocycles. The molecule has 4 rings (SSSR count). The fraction of sp³-hybridized carbons (Fsp3) is 0.263. The van der Waals surface area contributed by atoms with Crippen molar-refractivity contribution in [1.82, 2.24) is 20.5 Å². The van der Waals surface area contributed by atoms with Gasteiger partial charge in [0.2, 0.25) is 0 Å². The van der Waals surface area contributed by atoms with Gasteiger partial charge >= 0.3 is 0 Å². The molecule has 0 radical (unpaired) electrons. The number of halogens is 2. The van der Waals surface area contributed by atoms with Gasteiger partial charge in [-0.05, 0) is 48.9 Å². The molecule has 1 saturated heterocycles. The maximum Gasteiger partial charge on any atom is 0.261 e. The van der Waals surface area contributed by atoms with Gasteiger partial charge in [-0.15, -0.1) is 24.8 Å². The van der Waals surface area contributed by atoms with Crippen molar-refractivity contribution >= 4 is 42.5 Å². The normalized spacial score (nSPS) is 17.6. The Bertz CT molecular complexity index is 886. The lowest BCUT2D eigenvalue weighted by Gasteiger charge is -2.13. The summed E-state index contributed by atoms with van der Waals surface area (Å²) in [4.78, 5) is 42.8. The van der Waals surface area contributed by atoms with Crippen molar-refractivity contribution in [3.8, 4) is 0 Å². The first-order chi connectivity index (χ1) is 12.6. The first-order valence-corrected chi connectivity index (χ1v) is 8.54. The molecule has 2 aliphatic heterocycles. The molecule has 9 heteroatoms. The van der Waals surface area contributed by atoms with Crippen LogP contribution in [0, 0.1) is 0 Å². The number of fused-ring (bicyclic) bond motifs is 1. The topological polar surface area (TPSA) is 91.4 Å². The number of pyridine rings is 1. The van der Waals surface area contributed by atoms with E-state index in [1.807, 2.05) is 0 Å². The van der Waals surface area contributed by atoms with E-state index >= 15 is 0 Å². The average Bonchev–Trinajstić information content (AvgIpc) is 3.25. The largest absolute Gasteiger partial charge is 0.348 e. The van der Waals surface area contributed by atoms with Crippen LogP contribution >= 0.6 is 24.8 Å². The molecule has 1 atom stereocenters. The van der Waals surface area contributed by atoms with E-state index in [1.54, 1.807) is 36.7 Å². The lowest BCUT2D eigenvalue weighted by atomic mass is 10.0. The lowest BCUT2D eigenvalue weighted by molar-refractivity contribution is 0.0642. The molecule has 1 unspecified atom stereocenters. The van der Waals surface area contributed by atoms with Crippen LogP contribution < -0.4 is 10.6 Å². The van der Waals surface area contributed by atoms with Gasteiger partial charge in [-0.3, -0.25) is 24.3 Å². The number of nitrogens with one attached hydrogen (secondary N) is 2. The molecule has 3 amide bonds. The van der Waals surface area contributed by atoms with E-state index in [-0.39, 0.29) is 60.7 Å². The van der Waals surface area contributed by atoms with Crippen LogP contribution in [-0.2, 0) is 6.54 Å². The second-order valence-electron chi connectivity index (χ2n) is 6.48. The monoisotopic (exact) mass is 422 g/mol. The summed E-state index contributed by atoms with van der Waals surface area (Å²) in [6.07, 6.45) is 4.12. The predicted octanol–water partition coefficient (Wildman–Crippen LogP) is 1.81. The summed E-state index contributed by atoms with van der Waals surface area (Å²) in [7, 11) is 0. The van der Waals surface area contributed by atoms with Gasteiger partial charge in [-0.25, -0.2) is 0 Å². The first kappa shape index (κ1) is 21.8. The van der Waals surface area contributed by atoms with Crippen molar-refractivity contribution in [2.75, 3.05) is 13.1 Å². The van der Waals surface area contributed by atoms with Crippen molar-refractivity contribution in [2.45, 2.75) is 19.0 Å². The van der Waals surface area contributed by atoms with Gasteiger partial charge in [-0.1, -0.05) is 0 Å². The molecule has 148 valence electrons. The van der Waals surface area contributed by atoms with Crippen LogP contribution in [0.3, 0.4) is 0 Å². The highest BCUT2D eigenvalue weighted by atomic mass is 35.5. The van der Waals surface area contributed by atoms with E-state index in [0.29, 0.717) is 11.1 Å². The summed E-state index contributed by atoms with van der Waals surface area (Å²) in [5.74, 6) is -0.943. The van der Waals surface area contributed by atoms with Crippen molar-refractivity contribution in [3.05, 3.63) is 65.0 Å². The minimum absolute atomic E-state index is 0. The molecule has 1 aromatic carbocycles. The molecule has 3 heterocycles. The second-order valence-corrected chi connectivity index (χ2v) is 6.48. The highest BCUT2D eigenvalue weighted by Gasteiger charge is 2.36. The maximum absolute atomic E-state index is 12.7. The van der Waals surface area contributed by atoms with Crippen LogP contribution in [0.5, 0.6) is 0 Å². The minimum Gasteiger partial charge on any atom is -0.348 e. The number of imide groups is 1. The Morgan fingerprint density at radius 1 is 1.11 bits per heavy atom. The SMILES string of the molecule is Cl.Cl.O=C(NC1CCNC1)c1ccc2c(c1)C(=O)N(Cc1ccncc1)C2=O. The summed E-state index contributed by atoms with van der Waals surface area (Å²) in [5.41, 5.74) is 1.83. The Hall–Kier alpha value is -2.48. The van der Waals surface area contributed by atoms with Crippen molar-refractivity contribution in [2.24, 2.45) is 0 Å². The van der Waals surface area contributed by atoms with E-state index in [0.717, 1.165) is 25.1 Å². The molecule has 2 aliphatic rings. The molecule has 0 bridgehead atoms. The van der Waals surface area contributed by atoms with E-state index in [4.69, 9.17) is 0 Å². The zero-order chi connectivity index (χ0) is 18.1. The summed E-state index contributed by atoms with van der Waals surface area (Å²) >= 11 is 0. The second kappa shape index (κ2) is 9.14. The van der Waals surface area contributed by atoms with Gasteiger partial charge in [0.15, 0.2) is 0 Å². The minimum atomic E-state index is -0.376. The van der Waals surface area contributed by atoms with Crippen molar-refractivity contribution < 1.29 is 14.4 Å². The van der Waals surface area contributed by atoms with Crippen LogP contribution in [-0.4, -0.2) is 46.7 Å². The highest BCUT2D eigenvalue weighted by molar-refractivity contribution is 6.22. The molecule has 0 saturated carbocycles. The number of carbonyl (C=O) groups excluding carboxylic acids is 3. The molecule has 28 heavy (non-hydrogen) atoms. The summed E-state index contributed by atoms with van der Waals surface area (Å²) in [6.45, 7) is 1.81. The van der Waals surface area contributed by atoms with Gasteiger partial charge in [0.1, 0.15) is 0 Å². The van der Waals surface area contributed by atoms with E-state index < -0.39 is 0 Å². The van der Waals surface area contributed by atoms with Crippen LogP contribution in [0.15, 0.2) is 42.7 Å².